The molecule has 0 aromatic rings. The maximum absolute atomic E-state index is 5.96. The fraction of sp³-hybridized carbons (Fsp3) is 0.750. The number of hydrogen-bond donors (Lipinski definition) is 0. The lowest BCUT2D eigenvalue weighted by Gasteiger charge is -2.25. The van der Waals surface area contributed by atoms with Crippen molar-refractivity contribution in [2.24, 2.45) is 0 Å². The zero-order valence-electron chi connectivity index (χ0n) is 8.18. The molecule has 0 saturated carbocycles. The van der Waals surface area contributed by atoms with Gasteiger partial charge in [-0.3, -0.25) is 0 Å². The van der Waals surface area contributed by atoms with Crippen molar-refractivity contribution in [2.45, 2.75) is 39.4 Å². The van der Waals surface area contributed by atoms with Crippen LogP contribution in [-0.2, 0) is 4.12 Å². The van der Waals surface area contributed by atoms with Gasteiger partial charge < -0.3 is 4.12 Å². The van der Waals surface area contributed by atoms with Crippen LogP contribution in [-0.4, -0.2) is 18.1 Å². The minimum atomic E-state index is -1.36. The van der Waals surface area contributed by atoms with Gasteiger partial charge in [0.25, 0.3) is 0 Å². The first kappa shape index (κ1) is 11.1. The Balaban J connectivity index is 4.19. The van der Waals surface area contributed by atoms with Crippen LogP contribution >= 0.6 is 0 Å². The second-order valence-corrected chi connectivity index (χ2v) is 8.31. The lowest BCUT2D eigenvalue weighted by molar-refractivity contribution is 0.589. The van der Waals surface area contributed by atoms with Crippen molar-refractivity contribution in [1.82, 2.24) is 0 Å². The number of rotatable bonds is 5. The smallest absolute Gasteiger partial charge is 0.203 e. The molecule has 0 aromatic carbocycles. The summed E-state index contributed by atoms with van der Waals surface area (Å²) in [7, 11) is -1.58. The third-order valence-electron chi connectivity index (χ3n) is 2.10. The molecule has 11 heavy (non-hydrogen) atoms. The summed E-state index contributed by atoms with van der Waals surface area (Å²) in [6, 6.07) is 2.46. The molecule has 0 unspecified atom stereocenters. The van der Waals surface area contributed by atoms with Gasteiger partial charge in [-0.05, 0) is 19.0 Å². The van der Waals surface area contributed by atoms with Crippen molar-refractivity contribution in [3.8, 4) is 0 Å². The summed E-state index contributed by atoms with van der Waals surface area (Å²) in [6.07, 6.45) is 2.16. The van der Waals surface area contributed by atoms with Crippen molar-refractivity contribution >= 4 is 18.1 Å². The molecule has 66 valence electrons. The quantitative estimate of drug-likeness (QED) is 0.601. The highest BCUT2D eigenvalue weighted by molar-refractivity contribution is 6.81. The van der Waals surface area contributed by atoms with Gasteiger partial charge in [-0.2, -0.15) is 0 Å². The van der Waals surface area contributed by atoms with Crippen molar-refractivity contribution in [3.05, 3.63) is 11.8 Å². The lowest BCUT2D eigenvalue weighted by atomic mass is 10.8. The molecule has 0 N–H and O–H groups in total. The summed E-state index contributed by atoms with van der Waals surface area (Å²) >= 11 is 0. The average molecular weight is 188 g/mol. The SMILES string of the molecule is CC=C[Si](CC)(CC)O[SiH2]C. The summed E-state index contributed by atoms with van der Waals surface area (Å²) in [5, 5.41) is 0. The zero-order chi connectivity index (χ0) is 8.74. The molecule has 0 aliphatic carbocycles. The van der Waals surface area contributed by atoms with E-state index in [2.05, 4.69) is 39.1 Å². The fourth-order valence-corrected chi connectivity index (χ4v) is 7.23. The van der Waals surface area contributed by atoms with E-state index in [4.69, 9.17) is 4.12 Å². The molecule has 0 aliphatic rings. The Labute approximate surface area is 73.9 Å². The number of allylic oxidation sites excluding steroid dienone is 1. The molecule has 0 spiro atoms. The van der Waals surface area contributed by atoms with E-state index in [1.54, 1.807) is 0 Å². The van der Waals surface area contributed by atoms with E-state index in [0.717, 1.165) is 0 Å². The van der Waals surface area contributed by atoms with Crippen molar-refractivity contribution in [1.29, 1.82) is 0 Å². The molecule has 0 aliphatic heterocycles. The molecule has 0 saturated heterocycles. The summed E-state index contributed by atoms with van der Waals surface area (Å²) in [6.45, 7) is 8.81. The predicted molar refractivity (Wildman–Crippen MR) is 57.0 cm³/mol. The average Bonchev–Trinajstić information content (AvgIpc) is 2.04. The van der Waals surface area contributed by atoms with Crippen molar-refractivity contribution in [3.63, 3.8) is 0 Å². The first-order valence-corrected chi connectivity index (χ1v) is 8.91. The van der Waals surface area contributed by atoms with Crippen LogP contribution in [0, 0.1) is 0 Å². The molecule has 0 heterocycles. The maximum Gasteiger partial charge on any atom is 0.203 e. The van der Waals surface area contributed by atoms with Crippen LogP contribution in [0.4, 0.5) is 0 Å². The van der Waals surface area contributed by atoms with E-state index in [9.17, 15) is 0 Å². The van der Waals surface area contributed by atoms with E-state index >= 15 is 0 Å². The predicted octanol–water partition coefficient (Wildman–Crippen LogP) is 2.24. The standard InChI is InChI=1S/C8H20OSi2/c1-5-8-11(6-2,7-3)9-10-4/h5,8H,6-7,10H2,1-4H3. The second kappa shape index (κ2) is 5.74. The first-order chi connectivity index (χ1) is 5.24. The maximum atomic E-state index is 5.96. The van der Waals surface area contributed by atoms with Gasteiger partial charge in [0.2, 0.25) is 8.32 Å². The third kappa shape index (κ3) is 3.36. The topological polar surface area (TPSA) is 9.23 Å². The molecular weight excluding hydrogens is 168 g/mol. The Hall–Kier alpha value is 0.134. The Morgan fingerprint density at radius 1 is 1.36 bits per heavy atom. The minimum absolute atomic E-state index is 0.222. The molecule has 0 radical (unpaired) electrons. The van der Waals surface area contributed by atoms with Crippen LogP contribution in [0.2, 0.25) is 18.6 Å². The van der Waals surface area contributed by atoms with Crippen LogP contribution in [0.25, 0.3) is 0 Å². The minimum Gasteiger partial charge on any atom is -0.458 e. The summed E-state index contributed by atoms with van der Waals surface area (Å²) in [5.74, 6) is 0. The third-order valence-corrected chi connectivity index (χ3v) is 8.89. The van der Waals surface area contributed by atoms with Gasteiger partial charge in [0, 0.05) is 0 Å². The van der Waals surface area contributed by atoms with Gasteiger partial charge in [0.05, 0.1) is 0 Å². The highest BCUT2D eigenvalue weighted by atomic mass is 28.4. The fourth-order valence-electron chi connectivity index (χ4n) is 1.33. The van der Waals surface area contributed by atoms with Gasteiger partial charge in [0.1, 0.15) is 9.76 Å². The molecule has 0 aromatic heterocycles. The van der Waals surface area contributed by atoms with Crippen LogP contribution in [0.15, 0.2) is 11.8 Å². The molecule has 0 amide bonds. The van der Waals surface area contributed by atoms with E-state index in [1.165, 1.54) is 12.1 Å². The van der Waals surface area contributed by atoms with Crippen LogP contribution in [0.1, 0.15) is 20.8 Å². The second-order valence-electron chi connectivity index (χ2n) is 2.70. The Morgan fingerprint density at radius 2 is 1.91 bits per heavy atom. The normalized spacial score (nSPS) is 13.8. The molecule has 3 heteroatoms. The lowest BCUT2D eigenvalue weighted by Crippen LogP contribution is -2.35. The van der Waals surface area contributed by atoms with E-state index < -0.39 is 8.32 Å². The monoisotopic (exact) mass is 188 g/mol. The Kier molecular flexibility index (Phi) is 5.81. The highest BCUT2D eigenvalue weighted by Crippen LogP contribution is 2.17. The van der Waals surface area contributed by atoms with Gasteiger partial charge in [0.15, 0.2) is 0 Å². The largest absolute Gasteiger partial charge is 0.458 e. The van der Waals surface area contributed by atoms with Gasteiger partial charge >= 0.3 is 0 Å². The van der Waals surface area contributed by atoms with Crippen LogP contribution in [0.3, 0.4) is 0 Å². The van der Waals surface area contributed by atoms with E-state index in [0.29, 0.717) is 0 Å². The zero-order valence-corrected chi connectivity index (χ0v) is 10.6. The van der Waals surface area contributed by atoms with E-state index in [-0.39, 0.29) is 9.76 Å². The van der Waals surface area contributed by atoms with Crippen molar-refractivity contribution < 1.29 is 4.12 Å². The Bertz CT molecular complexity index is 119. The molecule has 1 nitrogen and oxygen atoms in total. The molecule has 0 bridgehead atoms. The van der Waals surface area contributed by atoms with Crippen LogP contribution < -0.4 is 0 Å². The molecule has 0 rings (SSSR count). The summed E-state index contributed by atoms with van der Waals surface area (Å²) in [5.41, 5.74) is 2.34. The molecule has 0 atom stereocenters. The molecular formula is C8H20OSi2. The highest BCUT2D eigenvalue weighted by Gasteiger charge is 2.25. The Morgan fingerprint density at radius 3 is 2.18 bits per heavy atom. The molecule has 0 fully saturated rings. The summed E-state index contributed by atoms with van der Waals surface area (Å²) < 4.78 is 5.96. The first-order valence-electron chi connectivity index (χ1n) is 4.52. The van der Waals surface area contributed by atoms with Gasteiger partial charge in [-0.15, -0.1) is 0 Å². The van der Waals surface area contributed by atoms with Crippen LogP contribution in [0.5, 0.6) is 0 Å². The van der Waals surface area contributed by atoms with E-state index in [1.807, 2.05) is 0 Å². The summed E-state index contributed by atoms with van der Waals surface area (Å²) in [4.78, 5) is 0. The van der Waals surface area contributed by atoms with Crippen molar-refractivity contribution in [2.75, 3.05) is 0 Å². The number of hydrogen-bond acceptors (Lipinski definition) is 1. The van der Waals surface area contributed by atoms with Gasteiger partial charge in [-0.1, -0.05) is 32.2 Å². The van der Waals surface area contributed by atoms with Gasteiger partial charge in [-0.25, -0.2) is 0 Å².